The summed E-state index contributed by atoms with van der Waals surface area (Å²) in [6.07, 6.45) is 1.72. The second-order valence-corrected chi connectivity index (χ2v) is 7.13. The Morgan fingerprint density at radius 3 is 2.82 bits per heavy atom. The molecule has 138 valence electrons. The van der Waals surface area contributed by atoms with Crippen LogP contribution < -0.4 is 20.5 Å². The summed E-state index contributed by atoms with van der Waals surface area (Å²) < 4.78 is 10.6. The Kier molecular flexibility index (Phi) is 3.84. The van der Waals surface area contributed by atoms with Gasteiger partial charge in [0.1, 0.15) is 9.71 Å². The third-order valence-electron chi connectivity index (χ3n) is 4.36. The first-order chi connectivity index (χ1) is 13.7. The van der Waals surface area contributed by atoms with Crippen LogP contribution in [0.2, 0.25) is 0 Å². The first kappa shape index (κ1) is 16.5. The summed E-state index contributed by atoms with van der Waals surface area (Å²) in [6, 6.07) is 14.6. The second-order valence-electron chi connectivity index (χ2n) is 6.13. The molecule has 0 spiro atoms. The number of ether oxygens (including phenoxy) is 2. The van der Waals surface area contributed by atoms with Gasteiger partial charge in [0.05, 0.1) is 17.1 Å². The lowest BCUT2D eigenvalue weighted by molar-refractivity contribution is 0.103. The number of carbonyl (C=O) groups is 1. The Labute approximate surface area is 163 Å². The molecule has 1 amide bonds. The second kappa shape index (κ2) is 6.50. The fourth-order valence-corrected chi connectivity index (χ4v) is 3.97. The van der Waals surface area contributed by atoms with E-state index < -0.39 is 0 Å². The number of hydrogen-bond donors (Lipinski definition) is 2. The van der Waals surface area contributed by atoms with Crippen molar-refractivity contribution in [1.29, 1.82) is 0 Å². The highest BCUT2D eigenvalue weighted by atomic mass is 32.1. The lowest BCUT2D eigenvalue weighted by atomic mass is 10.2. The van der Waals surface area contributed by atoms with Crippen molar-refractivity contribution in [3.05, 3.63) is 59.6 Å². The first-order valence-electron chi connectivity index (χ1n) is 8.50. The van der Waals surface area contributed by atoms with Gasteiger partial charge in [-0.3, -0.25) is 9.78 Å². The standard InChI is InChI=1S/C20H14N4O3S/c21-17-12-5-6-14(13-3-1-2-8-22-13)24-20(12)28-18(17)19(25)23-11-4-7-15-16(9-11)27-10-26-15/h1-9H,10,21H2,(H,23,25). The summed E-state index contributed by atoms with van der Waals surface area (Å²) in [5.74, 6) is 0.966. The van der Waals surface area contributed by atoms with Gasteiger partial charge in [-0.25, -0.2) is 4.98 Å². The van der Waals surface area contributed by atoms with Crippen LogP contribution in [0.5, 0.6) is 11.5 Å². The van der Waals surface area contributed by atoms with Crippen molar-refractivity contribution in [3.8, 4) is 22.9 Å². The number of fused-ring (bicyclic) bond motifs is 2. The van der Waals surface area contributed by atoms with Gasteiger partial charge in [0.15, 0.2) is 11.5 Å². The lowest BCUT2D eigenvalue weighted by Crippen LogP contribution is -2.11. The fourth-order valence-electron chi connectivity index (χ4n) is 2.98. The third kappa shape index (κ3) is 2.80. The van der Waals surface area contributed by atoms with E-state index in [1.54, 1.807) is 24.4 Å². The minimum atomic E-state index is -0.293. The number of nitrogens with one attached hydrogen (secondary N) is 1. The van der Waals surface area contributed by atoms with Crippen molar-refractivity contribution in [2.24, 2.45) is 0 Å². The molecular formula is C20H14N4O3S. The molecule has 3 N–H and O–H groups in total. The number of aromatic nitrogens is 2. The van der Waals surface area contributed by atoms with E-state index in [4.69, 9.17) is 15.2 Å². The number of thiophene rings is 1. The number of nitrogens with two attached hydrogens (primary N) is 1. The molecule has 4 heterocycles. The van der Waals surface area contributed by atoms with E-state index in [1.807, 2.05) is 30.3 Å². The maximum Gasteiger partial charge on any atom is 0.267 e. The van der Waals surface area contributed by atoms with Crippen molar-refractivity contribution >= 4 is 38.8 Å². The summed E-state index contributed by atoms with van der Waals surface area (Å²) in [6.45, 7) is 0.181. The Balaban J connectivity index is 1.46. The Morgan fingerprint density at radius 2 is 1.96 bits per heavy atom. The third-order valence-corrected chi connectivity index (χ3v) is 5.47. The zero-order chi connectivity index (χ0) is 19.1. The molecule has 3 aromatic heterocycles. The maximum atomic E-state index is 12.8. The van der Waals surface area contributed by atoms with E-state index >= 15 is 0 Å². The molecule has 0 aliphatic carbocycles. The van der Waals surface area contributed by atoms with Crippen LogP contribution in [-0.2, 0) is 0 Å². The molecular weight excluding hydrogens is 376 g/mol. The Hall–Kier alpha value is -3.65. The summed E-state index contributed by atoms with van der Waals surface area (Å²) in [5, 5.41) is 3.60. The predicted octanol–water partition coefficient (Wildman–Crippen LogP) is 3.92. The molecule has 7 nitrogen and oxygen atoms in total. The minimum absolute atomic E-state index is 0.181. The molecule has 0 unspecified atom stereocenters. The molecule has 4 aromatic rings. The summed E-state index contributed by atoms with van der Waals surface area (Å²) >= 11 is 1.25. The highest BCUT2D eigenvalue weighted by molar-refractivity contribution is 7.21. The minimum Gasteiger partial charge on any atom is -0.454 e. The molecule has 1 aliphatic rings. The number of pyridine rings is 2. The van der Waals surface area contributed by atoms with Gasteiger partial charge in [-0.1, -0.05) is 6.07 Å². The van der Waals surface area contributed by atoms with Gasteiger partial charge < -0.3 is 20.5 Å². The Bertz CT molecular complexity index is 1210. The molecule has 1 aromatic carbocycles. The van der Waals surface area contributed by atoms with Crippen LogP contribution in [0, 0.1) is 0 Å². The van der Waals surface area contributed by atoms with Crippen LogP contribution in [0.3, 0.4) is 0 Å². The van der Waals surface area contributed by atoms with Gasteiger partial charge in [0.2, 0.25) is 6.79 Å². The van der Waals surface area contributed by atoms with E-state index in [2.05, 4.69) is 15.3 Å². The van der Waals surface area contributed by atoms with Crippen LogP contribution in [0.25, 0.3) is 21.6 Å². The molecule has 0 fully saturated rings. The van der Waals surface area contributed by atoms with Crippen molar-refractivity contribution in [2.45, 2.75) is 0 Å². The number of anilines is 2. The molecule has 8 heteroatoms. The van der Waals surface area contributed by atoms with E-state index in [0.717, 1.165) is 16.8 Å². The average molecular weight is 390 g/mol. The van der Waals surface area contributed by atoms with Gasteiger partial charge in [0.25, 0.3) is 5.91 Å². The van der Waals surface area contributed by atoms with Crippen LogP contribution >= 0.6 is 11.3 Å². The molecule has 0 radical (unpaired) electrons. The SMILES string of the molecule is Nc1c(C(=O)Nc2ccc3c(c2)OCO3)sc2nc(-c3ccccn3)ccc12. The molecule has 5 rings (SSSR count). The maximum absolute atomic E-state index is 12.8. The fraction of sp³-hybridized carbons (Fsp3) is 0.0500. The van der Waals surface area contributed by atoms with Crippen LogP contribution in [0.4, 0.5) is 11.4 Å². The number of benzene rings is 1. The average Bonchev–Trinajstić information content (AvgIpc) is 3.32. The van der Waals surface area contributed by atoms with Gasteiger partial charge in [-0.15, -0.1) is 11.3 Å². The molecule has 0 saturated carbocycles. The monoisotopic (exact) mass is 390 g/mol. The summed E-state index contributed by atoms with van der Waals surface area (Å²) in [5.41, 5.74) is 8.74. The van der Waals surface area contributed by atoms with Crippen molar-refractivity contribution < 1.29 is 14.3 Å². The van der Waals surface area contributed by atoms with Crippen molar-refractivity contribution in [3.63, 3.8) is 0 Å². The quantitative estimate of drug-likeness (QED) is 0.550. The summed E-state index contributed by atoms with van der Waals surface area (Å²) in [4.78, 5) is 22.8. The van der Waals surface area contributed by atoms with E-state index in [0.29, 0.717) is 32.6 Å². The van der Waals surface area contributed by atoms with E-state index in [-0.39, 0.29) is 12.7 Å². The number of carbonyl (C=O) groups excluding carboxylic acids is 1. The number of amides is 1. The van der Waals surface area contributed by atoms with Crippen LogP contribution in [-0.4, -0.2) is 22.7 Å². The normalized spacial score (nSPS) is 12.3. The highest BCUT2D eigenvalue weighted by Gasteiger charge is 2.19. The predicted molar refractivity (Wildman–Crippen MR) is 108 cm³/mol. The highest BCUT2D eigenvalue weighted by Crippen LogP contribution is 2.36. The largest absolute Gasteiger partial charge is 0.454 e. The van der Waals surface area contributed by atoms with Gasteiger partial charge in [-0.05, 0) is 36.4 Å². The van der Waals surface area contributed by atoms with Crippen LogP contribution in [0.15, 0.2) is 54.7 Å². The molecule has 0 saturated heterocycles. The number of nitrogens with zero attached hydrogens (tertiary/aromatic N) is 2. The zero-order valence-electron chi connectivity index (χ0n) is 14.5. The molecule has 0 atom stereocenters. The van der Waals surface area contributed by atoms with Crippen molar-refractivity contribution in [2.75, 3.05) is 17.8 Å². The smallest absolute Gasteiger partial charge is 0.267 e. The number of nitrogen functional groups attached to an aromatic ring is 1. The van der Waals surface area contributed by atoms with Gasteiger partial charge in [0, 0.05) is 23.3 Å². The first-order valence-corrected chi connectivity index (χ1v) is 9.32. The molecule has 28 heavy (non-hydrogen) atoms. The lowest BCUT2D eigenvalue weighted by Gasteiger charge is -2.05. The van der Waals surface area contributed by atoms with E-state index in [9.17, 15) is 4.79 Å². The van der Waals surface area contributed by atoms with Gasteiger partial charge in [-0.2, -0.15) is 0 Å². The van der Waals surface area contributed by atoms with Gasteiger partial charge >= 0.3 is 0 Å². The van der Waals surface area contributed by atoms with Crippen LogP contribution in [0.1, 0.15) is 9.67 Å². The van der Waals surface area contributed by atoms with Crippen molar-refractivity contribution in [1.82, 2.24) is 9.97 Å². The molecule has 1 aliphatic heterocycles. The van der Waals surface area contributed by atoms with E-state index in [1.165, 1.54) is 11.3 Å². The number of hydrogen-bond acceptors (Lipinski definition) is 7. The molecule has 0 bridgehead atoms. The Morgan fingerprint density at radius 1 is 1.07 bits per heavy atom. The topological polar surface area (TPSA) is 99.4 Å². The number of rotatable bonds is 3. The summed E-state index contributed by atoms with van der Waals surface area (Å²) in [7, 11) is 0. The zero-order valence-corrected chi connectivity index (χ0v) is 15.3.